The minimum Gasteiger partial charge on any atom is -0.462 e. The number of anilines is 4. The summed E-state index contributed by atoms with van der Waals surface area (Å²) in [5, 5.41) is 36.8. The maximum Gasteiger partial charge on any atom is 0.338 e. The molecule has 2 aliphatic carbocycles. The molecule has 14 heteroatoms. The molecule has 0 amide bonds. The molecule has 74 heavy (non-hydrogen) atoms. The fraction of sp³-hybridized carbons (Fsp3) is 0.133. The van der Waals surface area contributed by atoms with Gasteiger partial charge in [0.05, 0.1) is 58.5 Å². The van der Waals surface area contributed by atoms with Gasteiger partial charge < -0.3 is 9.47 Å². The van der Waals surface area contributed by atoms with Gasteiger partial charge in [0.1, 0.15) is 22.1 Å². The number of carbonyl (C=O) groups is 2. The van der Waals surface area contributed by atoms with Gasteiger partial charge in [-0.05, 0) is 120 Å². The Labute approximate surface area is 426 Å². The van der Waals surface area contributed by atoms with Crippen LogP contribution in [0, 0.1) is 0 Å². The van der Waals surface area contributed by atoms with Crippen molar-refractivity contribution in [3.05, 3.63) is 215 Å². The van der Waals surface area contributed by atoms with Crippen LogP contribution in [0.5, 0.6) is 0 Å². The highest BCUT2D eigenvalue weighted by Crippen LogP contribution is 2.41. The summed E-state index contributed by atoms with van der Waals surface area (Å²) >= 11 is 0. The number of H-pyrrole nitrogens is 2. The number of ether oxygens (including phenoxy) is 2. The summed E-state index contributed by atoms with van der Waals surface area (Å²) in [6.07, 6.45) is 5.34. The summed E-state index contributed by atoms with van der Waals surface area (Å²) in [6.45, 7) is 0.672. The predicted octanol–water partition coefficient (Wildman–Crippen LogP) is 12.7. The number of carbonyl (C=O) groups excluding carboxylic acids is 2. The summed E-state index contributed by atoms with van der Waals surface area (Å²) in [6, 6.07) is 59.4. The first-order valence-corrected chi connectivity index (χ1v) is 24.9. The Bertz CT molecular complexity index is 3530. The van der Waals surface area contributed by atoms with Gasteiger partial charge in [0, 0.05) is 22.3 Å². The van der Waals surface area contributed by atoms with E-state index in [9.17, 15) is 9.59 Å². The van der Waals surface area contributed by atoms with Crippen molar-refractivity contribution in [1.82, 2.24) is 30.8 Å². The first-order chi connectivity index (χ1) is 36.5. The maximum absolute atomic E-state index is 13.4. The molecule has 0 radical (unpaired) electrons. The molecule has 0 bridgehead atoms. The van der Waals surface area contributed by atoms with Crippen molar-refractivity contribution < 1.29 is 19.1 Å². The number of para-hydroxylation sites is 2. The van der Waals surface area contributed by atoms with Gasteiger partial charge in [-0.3, -0.25) is 0 Å². The highest BCUT2D eigenvalue weighted by Gasteiger charge is 2.29. The Balaban J connectivity index is 0.630. The van der Waals surface area contributed by atoms with Gasteiger partial charge in [0.15, 0.2) is 0 Å². The molecule has 14 nitrogen and oxygen atoms in total. The molecular formula is C60H48N10O4. The Morgan fingerprint density at radius 1 is 0.365 bits per heavy atom. The van der Waals surface area contributed by atoms with Crippen molar-refractivity contribution in [2.45, 2.75) is 38.5 Å². The smallest absolute Gasteiger partial charge is 0.338 e. The van der Waals surface area contributed by atoms with E-state index >= 15 is 0 Å². The van der Waals surface area contributed by atoms with Crippen molar-refractivity contribution >= 4 is 68.2 Å². The van der Waals surface area contributed by atoms with Crippen LogP contribution in [0.15, 0.2) is 192 Å². The molecular weight excluding hydrogens is 925 g/mol. The second-order valence-corrected chi connectivity index (χ2v) is 18.2. The van der Waals surface area contributed by atoms with Crippen LogP contribution in [-0.4, -0.2) is 67.4 Å². The van der Waals surface area contributed by atoms with Crippen molar-refractivity contribution in [2.75, 3.05) is 23.2 Å². The number of hydrogen-bond donors (Lipinski definition) is 2. The lowest BCUT2D eigenvalue weighted by atomic mass is 10.0. The highest BCUT2D eigenvalue weighted by atomic mass is 16.5. The number of hydrazone groups is 2. The van der Waals surface area contributed by atoms with Crippen LogP contribution < -0.4 is 10.0 Å². The number of unbranched alkanes of at least 4 members (excludes halogenated alkanes) is 5. The molecule has 2 N–H and O–H groups in total. The molecule has 0 spiro atoms. The normalized spacial score (nSPS) is 13.2. The van der Waals surface area contributed by atoms with Crippen molar-refractivity contribution in [1.29, 1.82) is 0 Å². The zero-order valence-electron chi connectivity index (χ0n) is 40.2. The molecule has 0 aliphatic heterocycles. The quantitative estimate of drug-likeness (QED) is 0.0509. The minimum atomic E-state index is -0.349. The number of aromatic amines is 2. The number of nitrogens with one attached hydrogen (secondary N) is 2. The van der Waals surface area contributed by atoms with E-state index in [0.717, 1.165) is 139 Å². The summed E-state index contributed by atoms with van der Waals surface area (Å²) in [4.78, 5) is 26.8. The van der Waals surface area contributed by atoms with Crippen LogP contribution in [-0.2, 0) is 9.47 Å². The Hall–Kier alpha value is -9.56. The SMILES string of the molecule is O=C(OCCCCCCCCOC(=O)c1ccc2c(c1)-c1ccccc1C2=NN(c1ccccc1)c1ccc2n[nH]nc2c1)c1ccc2c(c1)-c1ccccc1C2=NN(c1ccccc1)c1ccc2n[nH]nc2c1. The molecule has 2 aromatic heterocycles. The van der Waals surface area contributed by atoms with Crippen LogP contribution in [0.3, 0.4) is 0 Å². The van der Waals surface area contributed by atoms with Crippen LogP contribution in [0.1, 0.15) is 81.5 Å². The molecule has 12 rings (SSSR count). The number of aromatic nitrogens is 6. The second-order valence-electron chi connectivity index (χ2n) is 18.2. The molecule has 0 fully saturated rings. The average molecular weight is 973 g/mol. The Morgan fingerprint density at radius 3 is 1.19 bits per heavy atom. The number of fused-ring (bicyclic) bond motifs is 8. The van der Waals surface area contributed by atoms with E-state index in [1.54, 1.807) is 0 Å². The number of rotatable bonds is 17. The third kappa shape index (κ3) is 9.04. The summed E-state index contributed by atoms with van der Waals surface area (Å²) in [5.41, 5.74) is 16.8. The van der Waals surface area contributed by atoms with Crippen molar-refractivity contribution in [3.63, 3.8) is 0 Å². The number of esters is 2. The zero-order chi connectivity index (χ0) is 49.8. The summed E-state index contributed by atoms with van der Waals surface area (Å²) in [7, 11) is 0. The Morgan fingerprint density at radius 2 is 0.743 bits per heavy atom. The number of benzene rings is 8. The van der Waals surface area contributed by atoms with E-state index in [2.05, 4.69) is 55.1 Å². The lowest BCUT2D eigenvalue weighted by Gasteiger charge is -2.21. The van der Waals surface area contributed by atoms with E-state index in [4.69, 9.17) is 19.7 Å². The molecule has 0 atom stereocenters. The Kier molecular flexibility index (Phi) is 12.5. The van der Waals surface area contributed by atoms with Gasteiger partial charge in [0.2, 0.25) is 0 Å². The average Bonchev–Trinajstić information content (AvgIpc) is 4.26. The lowest BCUT2D eigenvalue weighted by molar-refractivity contribution is 0.0484. The largest absolute Gasteiger partial charge is 0.462 e. The standard InChI is InChI=1S/C60H48N10O4/c71-59(39-25-29-49-51(35-39)45-21-11-13-23-47(45)57(49)65-69(41-17-7-5-8-18-41)43-27-31-53-55(37-43)63-67-61-53)73-33-15-3-1-2-4-16-34-74-60(72)40-26-30-50-52(36-40)46-22-12-14-24-48(46)58(50)66-70(42-19-9-6-10-20-42)44-28-32-54-56(38-44)64-68-62-54/h5-14,17-32,35-38H,1-4,15-16,33-34H2,(H,61,63,67)(H,62,64,68). The fourth-order valence-corrected chi connectivity index (χ4v) is 9.75. The maximum atomic E-state index is 13.4. The van der Waals surface area contributed by atoms with E-state index < -0.39 is 0 Å². The molecule has 2 aliphatic rings. The van der Waals surface area contributed by atoms with E-state index in [1.165, 1.54) is 0 Å². The second kappa shape index (κ2) is 20.3. The van der Waals surface area contributed by atoms with Gasteiger partial charge in [-0.2, -0.15) is 41.0 Å². The van der Waals surface area contributed by atoms with E-state index in [-0.39, 0.29) is 11.9 Å². The monoisotopic (exact) mass is 972 g/mol. The summed E-state index contributed by atoms with van der Waals surface area (Å²) in [5.74, 6) is -0.698. The molecule has 362 valence electrons. The van der Waals surface area contributed by atoms with E-state index in [1.807, 2.05) is 168 Å². The number of nitrogens with zero attached hydrogens (tertiary/aromatic N) is 8. The van der Waals surface area contributed by atoms with Crippen LogP contribution in [0.2, 0.25) is 0 Å². The van der Waals surface area contributed by atoms with Crippen LogP contribution in [0.25, 0.3) is 44.3 Å². The topological polar surface area (TPSA) is 167 Å². The molecule has 2 heterocycles. The fourth-order valence-electron chi connectivity index (χ4n) is 9.75. The highest BCUT2D eigenvalue weighted by molar-refractivity contribution is 6.26. The van der Waals surface area contributed by atoms with Crippen LogP contribution in [0.4, 0.5) is 22.7 Å². The van der Waals surface area contributed by atoms with Gasteiger partial charge >= 0.3 is 11.9 Å². The molecule has 0 unspecified atom stereocenters. The summed E-state index contributed by atoms with van der Waals surface area (Å²) < 4.78 is 11.6. The third-order valence-corrected chi connectivity index (χ3v) is 13.5. The third-order valence-electron chi connectivity index (χ3n) is 13.5. The van der Waals surface area contributed by atoms with Gasteiger partial charge in [0.25, 0.3) is 0 Å². The first-order valence-electron chi connectivity index (χ1n) is 24.9. The number of hydrogen-bond acceptors (Lipinski definition) is 12. The van der Waals surface area contributed by atoms with Gasteiger partial charge in [-0.15, -0.1) is 0 Å². The molecule has 0 saturated heterocycles. The molecule has 8 aromatic carbocycles. The van der Waals surface area contributed by atoms with Crippen LogP contribution >= 0.6 is 0 Å². The first kappa shape index (κ1) is 45.6. The van der Waals surface area contributed by atoms with Crippen molar-refractivity contribution in [3.8, 4) is 22.3 Å². The molecule has 10 aromatic rings. The van der Waals surface area contributed by atoms with Gasteiger partial charge in [-0.1, -0.05) is 123 Å². The predicted molar refractivity (Wildman–Crippen MR) is 288 cm³/mol. The van der Waals surface area contributed by atoms with Gasteiger partial charge in [-0.25, -0.2) is 19.6 Å². The van der Waals surface area contributed by atoms with Crippen molar-refractivity contribution in [2.24, 2.45) is 10.2 Å². The molecule has 0 saturated carbocycles. The zero-order valence-corrected chi connectivity index (χ0v) is 40.2. The van der Waals surface area contributed by atoms with E-state index in [0.29, 0.717) is 24.3 Å². The lowest BCUT2D eigenvalue weighted by Crippen LogP contribution is -2.14. The minimum absolute atomic E-state index is 0.336.